The van der Waals surface area contributed by atoms with Gasteiger partial charge >= 0.3 is 6.09 Å². The maximum Gasteiger partial charge on any atom is 0.407 e. The minimum atomic E-state index is -0.230. The Kier molecular flexibility index (Phi) is 7.44. The Morgan fingerprint density at radius 2 is 2.00 bits per heavy atom. The zero-order chi connectivity index (χ0) is 16.5. The Morgan fingerprint density at radius 1 is 1.26 bits per heavy atom. The van der Waals surface area contributed by atoms with E-state index in [0.29, 0.717) is 6.04 Å². The summed E-state index contributed by atoms with van der Waals surface area (Å²) in [6.07, 6.45) is 9.60. The van der Waals surface area contributed by atoms with Gasteiger partial charge in [-0.2, -0.15) is 0 Å². The molecule has 0 heterocycles. The molecule has 0 aliphatic heterocycles. The standard InChI is InChI=1S/C20H31NO2/c1-3-4-14-19(15-17-11-9-8-10-16(17)2)23-20(22)21-18-12-6-5-7-13-18/h8-11,18-19H,3-7,12-15H2,1-2H3,(H,21,22)/t19-/m0/s1. The third-order valence-corrected chi connectivity index (χ3v) is 4.79. The molecule has 0 saturated heterocycles. The van der Waals surface area contributed by atoms with Crippen molar-refractivity contribution in [1.82, 2.24) is 5.32 Å². The van der Waals surface area contributed by atoms with Crippen LogP contribution in [0, 0.1) is 6.92 Å². The van der Waals surface area contributed by atoms with E-state index in [4.69, 9.17) is 4.74 Å². The number of nitrogens with one attached hydrogen (secondary N) is 1. The Hall–Kier alpha value is -1.51. The van der Waals surface area contributed by atoms with Gasteiger partial charge in [-0.1, -0.05) is 63.3 Å². The molecule has 3 nitrogen and oxygen atoms in total. The summed E-state index contributed by atoms with van der Waals surface area (Å²) in [6.45, 7) is 4.29. The molecule has 1 aromatic rings. The smallest absolute Gasteiger partial charge is 0.407 e. The number of amides is 1. The van der Waals surface area contributed by atoms with Gasteiger partial charge in [-0.05, 0) is 37.3 Å². The fourth-order valence-corrected chi connectivity index (χ4v) is 3.32. The second kappa shape index (κ2) is 9.59. The molecule has 1 saturated carbocycles. The summed E-state index contributed by atoms with van der Waals surface area (Å²) >= 11 is 0. The number of unbranched alkanes of at least 4 members (excludes halogenated alkanes) is 1. The largest absolute Gasteiger partial charge is 0.446 e. The van der Waals surface area contributed by atoms with Crippen molar-refractivity contribution < 1.29 is 9.53 Å². The molecule has 1 N–H and O–H groups in total. The van der Waals surface area contributed by atoms with Gasteiger partial charge in [-0.15, -0.1) is 0 Å². The Morgan fingerprint density at radius 3 is 2.70 bits per heavy atom. The zero-order valence-electron chi connectivity index (χ0n) is 14.6. The van der Waals surface area contributed by atoms with E-state index in [9.17, 15) is 4.79 Å². The molecule has 0 spiro atoms. The molecule has 128 valence electrons. The summed E-state index contributed by atoms with van der Waals surface area (Å²) in [4.78, 5) is 12.2. The van der Waals surface area contributed by atoms with E-state index < -0.39 is 0 Å². The van der Waals surface area contributed by atoms with Gasteiger partial charge in [0.1, 0.15) is 6.10 Å². The van der Waals surface area contributed by atoms with Crippen molar-refractivity contribution in [3.05, 3.63) is 35.4 Å². The van der Waals surface area contributed by atoms with E-state index in [0.717, 1.165) is 38.5 Å². The van der Waals surface area contributed by atoms with E-state index in [1.54, 1.807) is 0 Å². The van der Waals surface area contributed by atoms with Gasteiger partial charge in [-0.3, -0.25) is 0 Å². The Balaban J connectivity index is 1.89. The lowest BCUT2D eigenvalue weighted by atomic mass is 9.96. The molecule has 1 aliphatic rings. The summed E-state index contributed by atoms with van der Waals surface area (Å²) < 4.78 is 5.76. The average Bonchev–Trinajstić information content (AvgIpc) is 2.55. The molecule has 3 heteroatoms. The molecule has 1 amide bonds. The van der Waals surface area contributed by atoms with E-state index in [-0.39, 0.29) is 12.2 Å². The monoisotopic (exact) mass is 317 g/mol. The number of carbonyl (C=O) groups is 1. The topological polar surface area (TPSA) is 38.3 Å². The predicted octanol–water partition coefficient (Wildman–Crippen LogP) is 5.16. The van der Waals surface area contributed by atoms with Crippen LogP contribution < -0.4 is 5.32 Å². The fourth-order valence-electron chi connectivity index (χ4n) is 3.32. The summed E-state index contributed by atoms with van der Waals surface area (Å²) in [5.74, 6) is 0. The van der Waals surface area contributed by atoms with Gasteiger partial charge < -0.3 is 10.1 Å². The SMILES string of the molecule is CCCC[C@@H](Cc1ccccc1C)OC(=O)NC1CCCCC1. The van der Waals surface area contributed by atoms with E-state index in [1.807, 2.05) is 0 Å². The first-order chi connectivity index (χ1) is 11.2. The van der Waals surface area contributed by atoms with E-state index >= 15 is 0 Å². The molecule has 0 aromatic heterocycles. The van der Waals surface area contributed by atoms with Crippen molar-refractivity contribution in [2.45, 2.75) is 83.8 Å². The molecule has 1 aromatic carbocycles. The second-order valence-electron chi connectivity index (χ2n) is 6.78. The fraction of sp³-hybridized carbons (Fsp3) is 0.650. The van der Waals surface area contributed by atoms with Crippen LogP contribution in [-0.4, -0.2) is 18.2 Å². The van der Waals surface area contributed by atoms with Crippen molar-refractivity contribution in [3.63, 3.8) is 0 Å². The van der Waals surface area contributed by atoms with Crippen molar-refractivity contribution in [3.8, 4) is 0 Å². The highest BCUT2D eigenvalue weighted by atomic mass is 16.6. The van der Waals surface area contributed by atoms with Crippen molar-refractivity contribution in [2.24, 2.45) is 0 Å². The lowest BCUT2D eigenvalue weighted by Gasteiger charge is -2.25. The molecule has 0 bridgehead atoms. The second-order valence-corrected chi connectivity index (χ2v) is 6.78. The minimum Gasteiger partial charge on any atom is -0.446 e. The van der Waals surface area contributed by atoms with Crippen LogP contribution in [0.15, 0.2) is 24.3 Å². The number of hydrogen-bond donors (Lipinski definition) is 1. The van der Waals surface area contributed by atoms with E-state index in [1.165, 1.54) is 30.4 Å². The Bertz CT molecular complexity index is 480. The van der Waals surface area contributed by atoms with Crippen LogP contribution in [0.25, 0.3) is 0 Å². The molecule has 23 heavy (non-hydrogen) atoms. The van der Waals surface area contributed by atoms with Crippen molar-refractivity contribution in [1.29, 1.82) is 0 Å². The van der Waals surface area contributed by atoms with Crippen molar-refractivity contribution >= 4 is 6.09 Å². The average molecular weight is 317 g/mol. The normalized spacial score (nSPS) is 16.8. The maximum atomic E-state index is 12.2. The van der Waals surface area contributed by atoms with Crippen LogP contribution in [0.5, 0.6) is 0 Å². The van der Waals surface area contributed by atoms with Crippen LogP contribution in [0.2, 0.25) is 0 Å². The lowest BCUT2D eigenvalue weighted by Crippen LogP contribution is -2.38. The highest BCUT2D eigenvalue weighted by molar-refractivity contribution is 5.67. The van der Waals surface area contributed by atoms with Gasteiger partial charge in [0.25, 0.3) is 0 Å². The first-order valence-electron chi connectivity index (χ1n) is 9.20. The van der Waals surface area contributed by atoms with Crippen LogP contribution in [0.3, 0.4) is 0 Å². The molecule has 0 radical (unpaired) electrons. The molecule has 1 atom stereocenters. The molecule has 2 rings (SSSR count). The summed E-state index contributed by atoms with van der Waals surface area (Å²) in [5, 5.41) is 3.06. The van der Waals surface area contributed by atoms with Crippen LogP contribution in [-0.2, 0) is 11.2 Å². The number of alkyl carbamates (subject to hydrolysis) is 1. The quantitative estimate of drug-likeness (QED) is 0.754. The lowest BCUT2D eigenvalue weighted by molar-refractivity contribution is 0.0866. The number of ether oxygens (including phenoxy) is 1. The number of aryl methyl sites for hydroxylation is 1. The summed E-state index contributed by atoms with van der Waals surface area (Å²) in [5.41, 5.74) is 2.55. The van der Waals surface area contributed by atoms with Crippen molar-refractivity contribution in [2.75, 3.05) is 0 Å². The third kappa shape index (κ3) is 6.25. The molecule has 1 fully saturated rings. The maximum absolute atomic E-state index is 12.2. The molecule has 1 aliphatic carbocycles. The van der Waals surface area contributed by atoms with Gasteiger partial charge in [0.05, 0.1) is 0 Å². The van der Waals surface area contributed by atoms with Crippen LogP contribution >= 0.6 is 0 Å². The molecular weight excluding hydrogens is 286 g/mol. The van der Waals surface area contributed by atoms with Crippen LogP contribution in [0.1, 0.15) is 69.4 Å². The zero-order valence-corrected chi connectivity index (χ0v) is 14.6. The highest BCUT2D eigenvalue weighted by Crippen LogP contribution is 2.19. The van der Waals surface area contributed by atoms with Gasteiger partial charge in [-0.25, -0.2) is 4.79 Å². The number of rotatable bonds is 7. The number of hydrogen-bond acceptors (Lipinski definition) is 2. The first kappa shape index (κ1) is 17.8. The highest BCUT2D eigenvalue weighted by Gasteiger charge is 2.20. The third-order valence-electron chi connectivity index (χ3n) is 4.79. The van der Waals surface area contributed by atoms with Gasteiger partial charge in [0, 0.05) is 12.5 Å². The van der Waals surface area contributed by atoms with E-state index in [2.05, 4.69) is 43.4 Å². The summed E-state index contributed by atoms with van der Waals surface area (Å²) in [6, 6.07) is 8.67. The van der Waals surface area contributed by atoms with Gasteiger partial charge in [0.15, 0.2) is 0 Å². The molecular formula is C20H31NO2. The number of carbonyl (C=O) groups excluding carboxylic acids is 1. The predicted molar refractivity (Wildman–Crippen MR) is 94.7 cm³/mol. The minimum absolute atomic E-state index is 0.0281. The van der Waals surface area contributed by atoms with Gasteiger partial charge in [0.2, 0.25) is 0 Å². The Labute approximate surface area is 140 Å². The summed E-state index contributed by atoms with van der Waals surface area (Å²) in [7, 11) is 0. The van der Waals surface area contributed by atoms with Crippen LogP contribution in [0.4, 0.5) is 4.79 Å². The number of benzene rings is 1. The molecule has 0 unspecified atom stereocenters. The first-order valence-corrected chi connectivity index (χ1v) is 9.20.